The molecule has 0 amide bonds. The Morgan fingerprint density at radius 1 is 1.10 bits per heavy atom. The standard InChI is InChI=1S/C21H20F3N3O2/c1-12-6-8-13(9-7-12)15-14(18(28)29-5)16(21(22,23)24)17(27-19(2,3)4)20(15,10-25)11-26/h6-9,27H,1-5H3. The maximum atomic E-state index is 14.1. The molecular formula is C21H20F3N3O2. The predicted octanol–water partition coefficient (Wildman–Crippen LogP) is 4.17. The Morgan fingerprint density at radius 3 is 2.00 bits per heavy atom. The lowest BCUT2D eigenvalue weighted by Gasteiger charge is -2.30. The molecule has 0 radical (unpaired) electrons. The summed E-state index contributed by atoms with van der Waals surface area (Å²) < 4.78 is 47.0. The van der Waals surface area contributed by atoms with Crippen molar-refractivity contribution in [3.63, 3.8) is 0 Å². The number of alkyl halides is 3. The van der Waals surface area contributed by atoms with E-state index < -0.39 is 39.9 Å². The highest BCUT2D eigenvalue weighted by atomic mass is 19.4. The molecule has 0 atom stereocenters. The Labute approximate surface area is 167 Å². The van der Waals surface area contributed by atoms with Crippen LogP contribution in [0, 0.1) is 35.0 Å². The molecule has 152 valence electrons. The van der Waals surface area contributed by atoms with Crippen LogP contribution in [0.1, 0.15) is 31.9 Å². The van der Waals surface area contributed by atoms with Gasteiger partial charge in [-0.15, -0.1) is 0 Å². The summed E-state index contributed by atoms with van der Waals surface area (Å²) in [7, 11) is 0.950. The van der Waals surface area contributed by atoms with Crippen LogP contribution in [0.3, 0.4) is 0 Å². The normalized spacial score (nSPS) is 16.3. The molecule has 1 aliphatic rings. The molecular weight excluding hydrogens is 383 g/mol. The highest BCUT2D eigenvalue weighted by Gasteiger charge is 2.58. The predicted molar refractivity (Wildman–Crippen MR) is 99.7 cm³/mol. The molecule has 0 unspecified atom stereocenters. The van der Waals surface area contributed by atoms with Gasteiger partial charge in [-0.2, -0.15) is 23.7 Å². The molecule has 0 heterocycles. The third kappa shape index (κ3) is 3.84. The number of hydrogen-bond acceptors (Lipinski definition) is 5. The van der Waals surface area contributed by atoms with Gasteiger partial charge >= 0.3 is 12.1 Å². The molecule has 1 aromatic carbocycles. The monoisotopic (exact) mass is 403 g/mol. The van der Waals surface area contributed by atoms with Crippen molar-refractivity contribution < 1.29 is 22.7 Å². The molecule has 0 saturated carbocycles. The van der Waals surface area contributed by atoms with Gasteiger partial charge in [-0.1, -0.05) is 29.8 Å². The first kappa shape index (κ1) is 22.0. The topological polar surface area (TPSA) is 85.9 Å². The number of nitrogens with zero attached hydrogens (tertiary/aromatic N) is 2. The molecule has 0 saturated heterocycles. The lowest BCUT2D eigenvalue weighted by Crippen LogP contribution is -2.42. The van der Waals surface area contributed by atoms with Crippen molar-refractivity contribution >= 4 is 11.5 Å². The van der Waals surface area contributed by atoms with Gasteiger partial charge in [-0.3, -0.25) is 0 Å². The maximum absolute atomic E-state index is 14.1. The zero-order valence-electron chi connectivity index (χ0n) is 16.7. The van der Waals surface area contributed by atoms with Gasteiger partial charge < -0.3 is 10.1 Å². The molecule has 1 N–H and O–H groups in total. The second-order valence-electron chi connectivity index (χ2n) is 7.70. The average molecular weight is 403 g/mol. The van der Waals surface area contributed by atoms with Crippen LogP contribution in [-0.4, -0.2) is 24.8 Å². The van der Waals surface area contributed by atoms with Gasteiger partial charge in [0.2, 0.25) is 5.41 Å². The smallest absolute Gasteiger partial charge is 0.419 e. The number of carbonyl (C=O) groups is 1. The summed E-state index contributed by atoms with van der Waals surface area (Å²) in [5, 5.41) is 22.5. The lowest BCUT2D eigenvalue weighted by atomic mass is 9.78. The first-order valence-electron chi connectivity index (χ1n) is 8.65. The number of methoxy groups -OCH3 is 1. The minimum absolute atomic E-state index is 0.159. The number of benzene rings is 1. The summed E-state index contributed by atoms with van der Waals surface area (Å²) in [6, 6.07) is 9.66. The number of allylic oxidation sites excluding steroid dienone is 1. The third-order valence-corrected chi connectivity index (χ3v) is 4.35. The van der Waals surface area contributed by atoms with Gasteiger partial charge in [0.25, 0.3) is 0 Å². The first-order chi connectivity index (χ1) is 13.3. The van der Waals surface area contributed by atoms with Crippen molar-refractivity contribution in [1.29, 1.82) is 10.5 Å². The van der Waals surface area contributed by atoms with Crippen molar-refractivity contribution in [2.45, 2.75) is 39.4 Å². The SMILES string of the molecule is COC(=O)C1=C(c2ccc(C)cc2)C(C#N)(C#N)C(NC(C)(C)C)=C1C(F)(F)F. The van der Waals surface area contributed by atoms with E-state index in [-0.39, 0.29) is 11.1 Å². The van der Waals surface area contributed by atoms with Gasteiger partial charge in [0.15, 0.2) is 0 Å². The minimum atomic E-state index is -5.01. The number of halogens is 3. The Hall–Kier alpha value is -3.26. The van der Waals surface area contributed by atoms with Gasteiger partial charge in [0, 0.05) is 11.1 Å². The van der Waals surface area contributed by atoms with E-state index in [0.717, 1.165) is 12.7 Å². The van der Waals surface area contributed by atoms with E-state index in [9.17, 15) is 28.5 Å². The fourth-order valence-corrected chi connectivity index (χ4v) is 3.20. The lowest BCUT2D eigenvalue weighted by molar-refractivity contribution is -0.137. The average Bonchev–Trinajstić information content (AvgIpc) is 2.90. The van der Waals surface area contributed by atoms with Crippen LogP contribution in [0.2, 0.25) is 0 Å². The molecule has 29 heavy (non-hydrogen) atoms. The highest BCUT2D eigenvalue weighted by Crippen LogP contribution is 2.55. The summed E-state index contributed by atoms with van der Waals surface area (Å²) in [6.45, 7) is 6.56. The van der Waals surface area contributed by atoms with Gasteiger partial charge in [0.05, 0.1) is 36.1 Å². The quantitative estimate of drug-likeness (QED) is 0.766. The number of nitriles is 2. The Morgan fingerprint density at radius 2 is 1.62 bits per heavy atom. The van der Waals surface area contributed by atoms with Gasteiger partial charge in [-0.25, -0.2) is 4.79 Å². The van der Waals surface area contributed by atoms with Crippen molar-refractivity contribution in [1.82, 2.24) is 5.32 Å². The van der Waals surface area contributed by atoms with Crippen LogP contribution < -0.4 is 5.32 Å². The molecule has 2 rings (SSSR count). The molecule has 0 fully saturated rings. The van der Waals surface area contributed by atoms with Gasteiger partial charge in [-0.05, 0) is 33.3 Å². The van der Waals surface area contributed by atoms with E-state index in [1.807, 2.05) is 0 Å². The number of nitrogens with one attached hydrogen (secondary N) is 1. The molecule has 1 aliphatic carbocycles. The van der Waals surface area contributed by atoms with Crippen LogP contribution in [0.15, 0.2) is 41.1 Å². The minimum Gasteiger partial charge on any atom is -0.465 e. The van der Waals surface area contributed by atoms with Crippen molar-refractivity contribution in [3.8, 4) is 12.1 Å². The second-order valence-corrected chi connectivity index (χ2v) is 7.70. The maximum Gasteiger partial charge on any atom is 0.419 e. The molecule has 0 spiro atoms. The van der Waals surface area contributed by atoms with Crippen LogP contribution in [0.4, 0.5) is 13.2 Å². The van der Waals surface area contributed by atoms with Crippen LogP contribution >= 0.6 is 0 Å². The Bertz CT molecular complexity index is 968. The molecule has 1 aromatic rings. The fraction of sp³-hybridized carbons (Fsp3) is 0.381. The first-order valence-corrected chi connectivity index (χ1v) is 8.65. The fourth-order valence-electron chi connectivity index (χ4n) is 3.20. The Kier molecular flexibility index (Phi) is 5.54. The van der Waals surface area contributed by atoms with E-state index >= 15 is 0 Å². The molecule has 0 aromatic heterocycles. The van der Waals surface area contributed by atoms with E-state index in [0.29, 0.717) is 0 Å². The summed E-state index contributed by atoms with van der Waals surface area (Å²) in [6.07, 6.45) is -5.01. The Balaban J connectivity index is 3.05. The second kappa shape index (κ2) is 7.29. The number of carbonyl (C=O) groups excluding carboxylic acids is 1. The summed E-state index contributed by atoms with van der Waals surface area (Å²) in [5.41, 5.74) is -5.51. The van der Waals surface area contributed by atoms with Crippen LogP contribution in [-0.2, 0) is 9.53 Å². The number of ether oxygens (including phenoxy) is 1. The number of esters is 1. The molecule has 8 heteroatoms. The van der Waals surface area contributed by atoms with Crippen LogP contribution in [0.25, 0.3) is 5.57 Å². The molecule has 0 aliphatic heterocycles. The third-order valence-electron chi connectivity index (χ3n) is 4.35. The van der Waals surface area contributed by atoms with E-state index in [1.54, 1.807) is 52.0 Å². The number of hydrogen-bond donors (Lipinski definition) is 1. The van der Waals surface area contributed by atoms with Crippen molar-refractivity contribution in [3.05, 3.63) is 52.2 Å². The van der Waals surface area contributed by atoms with E-state index in [2.05, 4.69) is 10.1 Å². The largest absolute Gasteiger partial charge is 0.465 e. The molecule has 5 nitrogen and oxygen atoms in total. The summed E-state index contributed by atoms with van der Waals surface area (Å²) >= 11 is 0. The van der Waals surface area contributed by atoms with E-state index in [4.69, 9.17) is 0 Å². The van der Waals surface area contributed by atoms with Crippen molar-refractivity contribution in [2.75, 3.05) is 7.11 Å². The molecule has 0 bridgehead atoms. The van der Waals surface area contributed by atoms with E-state index in [1.165, 1.54) is 12.1 Å². The summed E-state index contributed by atoms with van der Waals surface area (Å²) in [4.78, 5) is 12.5. The highest BCUT2D eigenvalue weighted by molar-refractivity contribution is 6.08. The number of aryl methyl sites for hydroxylation is 1. The zero-order chi connectivity index (χ0) is 22.2. The number of rotatable bonds is 3. The van der Waals surface area contributed by atoms with Crippen molar-refractivity contribution in [2.24, 2.45) is 5.41 Å². The van der Waals surface area contributed by atoms with Crippen LogP contribution in [0.5, 0.6) is 0 Å². The summed E-state index contributed by atoms with van der Waals surface area (Å²) in [5.74, 6) is -1.27. The van der Waals surface area contributed by atoms with Gasteiger partial charge in [0.1, 0.15) is 0 Å². The zero-order valence-corrected chi connectivity index (χ0v) is 16.7.